The maximum absolute atomic E-state index is 3.76. The summed E-state index contributed by atoms with van der Waals surface area (Å²) in [7, 11) is 0. The Morgan fingerprint density at radius 1 is 0.438 bits per heavy atom. The number of hydrogen-bond donors (Lipinski definition) is 2. The quantitative estimate of drug-likeness (QED) is 0.373. The molecule has 0 fully saturated rings. The molecule has 2 N–H and O–H groups in total. The van der Waals surface area contributed by atoms with Gasteiger partial charge in [-0.3, -0.25) is 0 Å². The molecule has 2 nitrogen and oxygen atoms in total. The number of nitrogens with one attached hydrogen (secondary N) is 2. The lowest BCUT2D eigenvalue weighted by molar-refractivity contribution is 0.838. The lowest BCUT2D eigenvalue weighted by Crippen LogP contribution is -2.05. The lowest BCUT2D eigenvalue weighted by atomic mass is 9.92. The van der Waals surface area contributed by atoms with E-state index in [-0.39, 0.29) is 0 Å². The molecule has 32 heavy (non-hydrogen) atoms. The van der Waals surface area contributed by atoms with E-state index in [0.717, 1.165) is 11.4 Å². The molecule has 0 saturated carbocycles. The Bertz CT molecular complexity index is 911. The van der Waals surface area contributed by atoms with Gasteiger partial charge in [0.15, 0.2) is 0 Å². The summed E-state index contributed by atoms with van der Waals surface area (Å²) >= 11 is 0. The fourth-order valence-electron chi connectivity index (χ4n) is 4.35. The second-order valence-electron chi connectivity index (χ2n) is 10.1. The van der Waals surface area contributed by atoms with Gasteiger partial charge in [-0.2, -0.15) is 0 Å². The van der Waals surface area contributed by atoms with Crippen LogP contribution >= 0.6 is 0 Å². The van der Waals surface area contributed by atoms with E-state index in [1.807, 2.05) is 0 Å². The molecule has 2 heteroatoms. The summed E-state index contributed by atoms with van der Waals surface area (Å²) < 4.78 is 0. The molecular formula is C30H40N2. The van der Waals surface area contributed by atoms with Gasteiger partial charge in [-0.1, -0.05) is 97.9 Å². The van der Waals surface area contributed by atoms with E-state index in [0.29, 0.717) is 23.7 Å². The van der Waals surface area contributed by atoms with Crippen molar-refractivity contribution in [1.29, 1.82) is 0 Å². The summed E-state index contributed by atoms with van der Waals surface area (Å²) in [4.78, 5) is 0. The number of hydrogen-bond acceptors (Lipinski definition) is 2. The fraction of sp³-hybridized carbons (Fsp3) is 0.400. The average molecular weight is 429 g/mol. The molecule has 0 bridgehead atoms. The van der Waals surface area contributed by atoms with Crippen LogP contribution in [0.5, 0.6) is 0 Å². The van der Waals surface area contributed by atoms with Gasteiger partial charge in [0.05, 0.1) is 0 Å². The first kappa shape index (κ1) is 23.9. The summed E-state index contributed by atoms with van der Waals surface area (Å²) in [6.45, 7) is 18.1. The zero-order valence-electron chi connectivity index (χ0n) is 21.1. The average Bonchev–Trinajstić information content (AvgIpc) is 2.73. The van der Waals surface area contributed by atoms with Crippen LogP contribution in [0.4, 0.5) is 22.7 Å². The van der Waals surface area contributed by atoms with E-state index in [4.69, 9.17) is 0 Å². The molecular weight excluding hydrogens is 388 g/mol. The molecule has 0 aliphatic carbocycles. The number of anilines is 4. The topological polar surface area (TPSA) is 24.1 Å². The van der Waals surface area contributed by atoms with E-state index in [1.165, 1.54) is 33.6 Å². The Morgan fingerprint density at radius 2 is 0.719 bits per heavy atom. The van der Waals surface area contributed by atoms with Crippen LogP contribution in [0.2, 0.25) is 0 Å². The molecule has 0 heterocycles. The molecule has 0 saturated heterocycles. The van der Waals surface area contributed by atoms with Crippen molar-refractivity contribution < 1.29 is 0 Å². The molecule has 3 aromatic carbocycles. The molecule has 0 radical (unpaired) electrons. The third-order valence-corrected chi connectivity index (χ3v) is 6.15. The second kappa shape index (κ2) is 10.3. The fourth-order valence-corrected chi connectivity index (χ4v) is 4.35. The molecule has 0 aliphatic heterocycles. The van der Waals surface area contributed by atoms with Crippen molar-refractivity contribution in [3.63, 3.8) is 0 Å². The first-order chi connectivity index (χ1) is 15.2. The van der Waals surface area contributed by atoms with Gasteiger partial charge >= 0.3 is 0 Å². The monoisotopic (exact) mass is 428 g/mol. The molecule has 0 aromatic heterocycles. The highest BCUT2D eigenvalue weighted by Gasteiger charge is 2.16. The van der Waals surface area contributed by atoms with E-state index < -0.39 is 0 Å². The van der Waals surface area contributed by atoms with Crippen LogP contribution in [-0.4, -0.2) is 0 Å². The minimum absolute atomic E-state index is 0.462. The van der Waals surface area contributed by atoms with E-state index >= 15 is 0 Å². The summed E-state index contributed by atoms with van der Waals surface area (Å²) in [6, 6.07) is 22.0. The van der Waals surface area contributed by atoms with Crippen molar-refractivity contribution in [2.75, 3.05) is 10.6 Å². The summed E-state index contributed by atoms with van der Waals surface area (Å²) in [5.41, 5.74) is 10.2. The standard InChI is InChI=1S/C30H40N2/c1-19(2)25-14-10-15-26(20(3)4)29(25)31-23-12-9-13-24(18-23)32-30-27(21(5)6)16-11-17-28(30)22(7)8/h9-22,31-32H,1-8H3. The predicted octanol–water partition coefficient (Wildman–Crippen LogP) is 9.67. The minimum atomic E-state index is 0.462. The van der Waals surface area contributed by atoms with Gasteiger partial charge in [-0.05, 0) is 64.1 Å². The Labute approximate surface area is 195 Å². The smallest absolute Gasteiger partial charge is 0.0454 e. The molecule has 3 rings (SSSR count). The zero-order valence-corrected chi connectivity index (χ0v) is 21.1. The van der Waals surface area contributed by atoms with Crippen molar-refractivity contribution in [3.8, 4) is 0 Å². The van der Waals surface area contributed by atoms with Gasteiger partial charge in [0.25, 0.3) is 0 Å². The maximum atomic E-state index is 3.76. The van der Waals surface area contributed by atoms with Gasteiger partial charge in [0, 0.05) is 22.7 Å². The SMILES string of the molecule is CC(C)c1cccc(C(C)C)c1Nc1cccc(Nc2c(C(C)C)cccc2C(C)C)c1. The number of rotatable bonds is 8. The first-order valence-electron chi connectivity index (χ1n) is 12.1. The van der Waals surface area contributed by atoms with Gasteiger partial charge in [0.1, 0.15) is 0 Å². The third-order valence-electron chi connectivity index (χ3n) is 6.15. The summed E-state index contributed by atoms with van der Waals surface area (Å²) in [5.74, 6) is 1.85. The maximum Gasteiger partial charge on any atom is 0.0454 e. The normalized spacial score (nSPS) is 11.6. The van der Waals surface area contributed by atoms with E-state index in [2.05, 4.69) is 127 Å². The zero-order chi connectivity index (χ0) is 23.4. The molecule has 0 amide bonds. The molecule has 0 aliphatic rings. The molecule has 0 spiro atoms. The summed E-state index contributed by atoms with van der Waals surface area (Å²) in [6.07, 6.45) is 0. The van der Waals surface area contributed by atoms with Gasteiger partial charge in [-0.25, -0.2) is 0 Å². The predicted molar refractivity (Wildman–Crippen MR) is 142 cm³/mol. The summed E-state index contributed by atoms with van der Waals surface area (Å²) in [5, 5.41) is 7.53. The Morgan fingerprint density at radius 3 is 1.00 bits per heavy atom. The highest BCUT2D eigenvalue weighted by molar-refractivity contribution is 5.74. The first-order valence-corrected chi connectivity index (χ1v) is 12.1. The van der Waals surface area contributed by atoms with Crippen molar-refractivity contribution in [2.24, 2.45) is 0 Å². The van der Waals surface area contributed by atoms with Crippen LogP contribution in [0.25, 0.3) is 0 Å². The van der Waals surface area contributed by atoms with Gasteiger partial charge in [0.2, 0.25) is 0 Å². The van der Waals surface area contributed by atoms with Crippen molar-refractivity contribution >= 4 is 22.7 Å². The molecule has 0 atom stereocenters. The highest BCUT2D eigenvalue weighted by atomic mass is 14.9. The van der Waals surface area contributed by atoms with Crippen molar-refractivity contribution in [1.82, 2.24) is 0 Å². The Hall–Kier alpha value is -2.74. The Kier molecular flexibility index (Phi) is 7.66. The Balaban J connectivity index is 1.99. The van der Waals surface area contributed by atoms with Crippen LogP contribution < -0.4 is 10.6 Å². The number of para-hydroxylation sites is 2. The van der Waals surface area contributed by atoms with Crippen molar-refractivity contribution in [3.05, 3.63) is 82.9 Å². The van der Waals surface area contributed by atoms with Crippen LogP contribution in [0.1, 0.15) is 101 Å². The third kappa shape index (κ3) is 5.35. The molecule has 3 aromatic rings. The lowest BCUT2D eigenvalue weighted by Gasteiger charge is -2.23. The van der Waals surface area contributed by atoms with Crippen LogP contribution in [-0.2, 0) is 0 Å². The highest BCUT2D eigenvalue weighted by Crippen LogP contribution is 2.37. The minimum Gasteiger partial charge on any atom is -0.355 e. The number of benzene rings is 3. The van der Waals surface area contributed by atoms with Crippen LogP contribution in [0.15, 0.2) is 60.7 Å². The van der Waals surface area contributed by atoms with E-state index in [9.17, 15) is 0 Å². The van der Waals surface area contributed by atoms with Crippen molar-refractivity contribution in [2.45, 2.75) is 79.1 Å². The van der Waals surface area contributed by atoms with Crippen LogP contribution in [0.3, 0.4) is 0 Å². The second-order valence-corrected chi connectivity index (χ2v) is 10.1. The van der Waals surface area contributed by atoms with Crippen LogP contribution in [0, 0.1) is 0 Å². The molecule has 0 unspecified atom stereocenters. The van der Waals surface area contributed by atoms with Gasteiger partial charge < -0.3 is 10.6 Å². The van der Waals surface area contributed by atoms with E-state index in [1.54, 1.807) is 0 Å². The largest absolute Gasteiger partial charge is 0.355 e. The van der Waals surface area contributed by atoms with Gasteiger partial charge in [-0.15, -0.1) is 0 Å². The molecule has 170 valence electrons.